The minimum absolute atomic E-state index is 0.0415. The Morgan fingerprint density at radius 2 is 1.79 bits per heavy atom. The summed E-state index contributed by atoms with van der Waals surface area (Å²) in [5, 5.41) is 0.536. The van der Waals surface area contributed by atoms with Gasteiger partial charge in [-0.25, -0.2) is 0 Å². The molecule has 0 fully saturated rings. The summed E-state index contributed by atoms with van der Waals surface area (Å²) < 4.78 is 10.6. The molecule has 0 aliphatic rings. The fraction of sp³-hybridized carbons (Fsp3) is 0.400. The molecule has 0 aliphatic carbocycles. The van der Waals surface area contributed by atoms with E-state index in [0.29, 0.717) is 28.3 Å². The van der Waals surface area contributed by atoms with E-state index in [1.54, 1.807) is 32.4 Å². The van der Waals surface area contributed by atoms with Gasteiger partial charge in [-0.3, -0.25) is 4.79 Å². The molecule has 1 aromatic heterocycles. The van der Waals surface area contributed by atoms with Gasteiger partial charge in [0.25, 0.3) is 0 Å². The van der Waals surface area contributed by atoms with E-state index in [0.717, 1.165) is 12.1 Å². The Hall–Kier alpha value is -1.97. The normalized spacial score (nSPS) is 11.0. The molecular weight excluding hydrogens is 242 g/mol. The highest BCUT2D eigenvalue weighted by molar-refractivity contribution is 5.90. The van der Waals surface area contributed by atoms with Crippen LogP contribution < -0.4 is 14.9 Å². The van der Waals surface area contributed by atoms with Gasteiger partial charge in [-0.1, -0.05) is 13.8 Å². The van der Waals surface area contributed by atoms with Crippen LogP contribution in [0.3, 0.4) is 0 Å². The van der Waals surface area contributed by atoms with Gasteiger partial charge in [-0.2, -0.15) is 0 Å². The van der Waals surface area contributed by atoms with E-state index in [-0.39, 0.29) is 5.43 Å². The SMILES string of the molecule is COc1ccc(OC)c2c(=O)cc(CC(C)C)[nH]c12. The van der Waals surface area contributed by atoms with Crippen LogP contribution in [0.1, 0.15) is 19.5 Å². The smallest absolute Gasteiger partial charge is 0.193 e. The molecule has 0 spiro atoms. The summed E-state index contributed by atoms with van der Waals surface area (Å²) in [7, 11) is 3.15. The molecule has 19 heavy (non-hydrogen) atoms. The maximum Gasteiger partial charge on any atom is 0.193 e. The van der Waals surface area contributed by atoms with E-state index >= 15 is 0 Å². The van der Waals surface area contributed by atoms with E-state index in [9.17, 15) is 4.79 Å². The van der Waals surface area contributed by atoms with Crippen LogP contribution >= 0.6 is 0 Å². The van der Waals surface area contributed by atoms with Crippen LogP contribution in [0, 0.1) is 5.92 Å². The number of aromatic nitrogens is 1. The Morgan fingerprint density at radius 1 is 1.16 bits per heavy atom. The maximum atomic E-state index is 12.3. The topological polar surface area (TPSA) is 51.3 Å². The molecule has 0 bridgehead atoms. The zero-order valence-electron chi connectivity index (χ0n) is 11.7. The molecule has 102 valence electrons. The number of methoxy groups -OCH3 is 2. The number of hydrogen-bond donors (Lipinski definition) is 1. The Labute approximate surface area is 112 Å². The zero-order chi connectivity index (χ0) is 14.0. The lowest BCUT2D eigenvalue weighted by Crippen LogP contribution is -2.09. The number of H-pyrrole nitrogens is 1. The first-order chi connectivity index (χ1) is 9.06. The quantitative estimate of drug-likeness (QED) is 0.920. The first-order valence-electron chi connectivity index (χ1n) is 6.33. The number of benzene rings is 1. The molecule has 0 saturated heterocycles. The molecule has 1 aromatic carbocycles. The maximum absolute atomic E-state index is 12.3. The number of rotatable bonds is 4. The Kier molecular flexibility index (Phi) is 3.79. The molecule has 0 aliphatic heterocycles. The van der Waals surface area contributed by atoms with E-state index < -0.39 is 0 Å². The standard InChI is InChI=1S/C15H19NO3/c1-9(2)7-10-8-11(17)14-12(18-3)5-6-13(19-4)15(14)16-10/h5-6,8-9H,7H2,1-4H3,(H,16,17). The lowest BCUT2D eigenvalue weighted by molar-refractivity contribution is 0.409. The van der Waals surface area contributed by atoms with Crippen molar-refractivity contribution in [2.45, 2.75) is 20.3 Å². The minimum Gasteiger partial charge on any atom is -0.496 e. The Balaban J connectivity index is 2.74. The average Bonchev–Trinajstić information content (AvgIpc) is 2.36. The van der Waals surface area contributed by atoms with Crippen molar-refractivity contribution in [3.63, 3.8) is 0 Å². The molecule has 1 heterocycles. The van der Waals surface area contributed by atoms with Gasteiger partial charge in [0.1, 0.15) is 11.5 Å². The van der Waals surface area contributed by atoms with Crippen molar-refractivity contribution in [1.82, 2.24) is 4.98 Å². The Bertz CT molecular complexity index is 644. The van der Waals surface area contributed by atoms with Gasteiger partial charge < -0.3 is 14.5 Å². The van der Waals surface area contributed by atoms with Crippen molar-refractivity contribution < 1.29 is 9.47 Å². The van der Waals surface area contributed by atoms with Gasteiger partial charge in [-0.05, 0) is 24.5 Å². The summed E-state index contributed by atoms with van der Waals surface area (Å²) in [5.41, 5.74) is 1.57. The number of hydrogen-bond acceptors (Lipinski definition) is 3. The van der Waals surface area contributed by atoms with Gasteiger partial charge in [0.15, 0.2) is 5.43 Å². The van der Waals surface area contributed by atoms with Gasteiger partial charge in [0.2, 0.25) is 0 Å². The number of pyridine rings is 1. The van der Waals surface area contributed by atoms with Crippen molar-refractivity contribution in [3.8, 4) is 11.5 Å². The Morgan fingerprint density at radius 3 is 2.37 bits per heavy atom. The number of nitrogens with one attached hydrogen (secondary N) is 1. The van der Waals surface area contributed by atoms with Crippen molar-refractivity contribution in [3.05, 3.63) is 34.1 Å². The molecule has 4 nitrogen and oxygen atoms in total. The molecule has 2 rings (SSSR count). The molecule has 0 unspecified atom stereocenters. The summed E-state index contributed by atoms with van der Waals surface area (Å²) in [6.07, 6.45) is 0.825. The fourth-order valence-electron chi connectivity index (χ4n) is 2.25. The van der Waals surface area contributed by atoms with Crippen molar-refractivity contribution >= 4 is 10.9 Å². The largest absolute Gasteiger partial charge is 0.496 e. The van der Waals surface area contributed by atoms with E-state index in [2.05, 4.69) is 18.8 Å². The molecule has 1 N–H and O–H groups in total. The highest BCUT2D eigenvalue weighted by atomic mass is 16.5. The monoisotopic (exact) mass is 261 g/mol. The second-order valence-electron chi connectivity index (χ2n) is 4.98. The summed E-state index contributed by atoms with van der Waals surface area (Å²) in [5.74, 6) is 1.69. The number of fused-ring (bicyclic) bond motifs is 1. The van der Waals surface area contributed by atoms with Crippen molar-refractivity contribution in [1.29, 1.82) is 0 Å². The highest BCUT2D eigenvalue weighted by Gasteiger charge is 2.12. The van der Waals surface area contributed by atoms with Crippen LogP contribution in [0.5, 0.6) is 11.5 Å². The van der Waals surface area contributed by atoms with Crippen LogP contribution in [-0.4, -0.2) is 19.2 Å². The van der Waals surface area contributed by atoms with Crippen LogP contribution in [0.15, 0.2) is 23.0 Å². The number of aromatic amines is 1. The van der Waals surface area contributed by atoms with Crippen LogP contribution in [-0.2, 0) is 6.42 Å². The first kappa shape index (κ1) is 13.5. The molecule has 0 radical (unpaired) electrons. The van der Waals surface area contributed by atoms with Gasteiger partial charge in [0.05, 0.1) is 25.1 Å². The molecule has 0 saturated carbocycles. The van der Waals surface area contributed by atoms with Crippen molar-refractivity contribution in [2.75, 3.05) is 14.2 Å². The van der Waals surface area contributed by atoms with Crippen LogP contribution in [0.4, 0.5) is 0 Å². The zero-order valence-corrected chi connectivity index (χ0v) is 11.7. The lowest BCUT2D eigenvalue weighted by Gasteiger charge is -2.12. The predicted molar refractivity (Wildman–Crippen MR) is 76.2 cm³/mol. The molecular formula is C15H19NO3. The van der Waals surface area contributed by atoms with Gasteiger partial charge >= 0.3 is 0 Å². The van der Waals surface area contributed by atoms with E-state index in [4.69, 9.17) is 9.47 Å². The first-order valence-corrected chi connectivity index (χ1v) is 6.33. The van der Waals surface area contributed by atoms with Crippen LogP contribution in [0.2, 0.25) is 0 Å². The lowest BCUT2D eigenvalue weighted by atomic mass is 10.1. The summed E-state index contributed by atoms with van der Waals surface area (Å²) >= 11 is 0. The molecule has 0 atom stereocenters. The van der Waals surface area contributed by atoms with Crippen molar-refractivity contribution in [2.24, 2.45) is 5.92 Å². The molecule has 0 amide bonds. The average molecular weight is 261 g/mol. The third-order valence-electron chi connectivity index (χ3n) is 3.03. The molecule has 4 heteroatoms. The van der Waals surface area contributed by atoms with E-state index in [1.807, 2.05) is 0 Å². The predicted octanol–water partition coefficient (Wildman–Crippen LogP) is 2.74. The summed E-state index contributed by atoms with van der Waals surface area (Å²) in [6, 6.07) is 5.19. The second-order valence-corrected chi connectivity index (χ2v) is 4.98. The third kappa shape index (κ3) is 2.57. The molecule has 2 aromatic rings. The second kappa shape index (κ2) is 5.34. The van der Waals surface area contributed by atoms with Gasteiger partial charge in [-0.15, -0.1) is 0 Å². The minimum atomic E-state index is -0.0415. The van der Waals surface area contributed by atoms with Gasteiger partial charge in [0, 0.05) is 11.8 Å². The fourth-order valence-corrected chi connectivity index (χ4v) is 2.25. The number of ether oxygens (including phenoxy) is 2. The summed E-state index contributed by atoms with van der Waals surface area (Å²) in [4.78, 5) is 15.6. The highest BCUT2D eigenvalue weighted by Crippen LogP contribution is 2.29. The van der Waals surface area contributed by atoms with Crippen LogP contribution in [0.25, 0.3) is 10.9 Å². The van der Waals surface area contributed by atoms with E-state index in [1.165, 1.54) is 0 Å². The summed E-state index contributed by atoms with van der Waals surface area (Å²) in [6.45, 7) is 4.23. The third-order valence-corrected chi connectivity index (χ3v) is 3.03.